The zero-order chi connectivity index (χ0) is 13.3. The second-order valence-corrected chi connectivity index (χ2v) is 5.33. The Balaban J connectivity index is 2.01. The molecule has 1 aliphatic carbocycles. The van der Waals surface area contributed by atoms with Gasteiger partial charge in [-0.05, 0) is 38.7 Å². The first kappa shape index (κ1) is 13.5. The van der Waals surface area contributed by atoms with Gasteiger partial charge in [0, 0.05) is 25.4 Å². The highest BCUT2D eigenvalue weighted by Crippen LogP contribution is 2.42. The molecule has 1 aromatic rings. The Morgan fingerprint density at radius 1 is 1.61 bits per heavy atom. The lowest BCUT2D eigenvalue weighted by Crippen LogP contribution is -2.19. The van der Waals surface area contributed by atoms with Crippen LogP contribution in [0.3, 0.4) is 0 Å². The van der Waals surface area contributed by atoms with Crippen molar-refractivity contribution >= 4 is 0 Å². The summed E-state index contributed by atoms with van der Waals surface area (Å²) in [5.41, 5.74) is 8.04. The lowest BCUT2D eigenvalue weighted by Gasteiger charge is -2.17. The van der Waals surface area contributed by atoms with Crippen molar-refractivity contribution in [2.45, 2.75) is 58.0 Å². The number of alkyl halides is 2. The highest BCUT2D eigenvalue weighted by molar-refractivity contribution is 5.13. The maximum absolute atomic E-state index is 13.1. The molecule has 2 atom stereocenters. The number of halogens is 2. The van der Waals surface area contributed by atoms with Crippen LogP contribution < -0.4 is 5.73 Å². The summed E-state index contributed by atoms with van der Waals surface area (Å²) < 4.78 is 28.1. The molecular weight excluding hydrogens is 236 g/mol. The average molecular weight is 257 g/mol. The summed E-state index contributed by atoms with van der Waals surface area (Å²) in [6.07, 6.45) is 1.21. The van der Waals surface area contributed by atoms with Gasteiger partial charge in [-0.15, -0.1) is 0 Å². The predicted octanol–water partition coefficient (Wildman–Crippen LogP) is 3.04. The molecule has 0 spiro atoms. The molecule has 5 heteroatoms. The van der Waals surface area contributed by atoms with Crippen molar-refractivity contribution in [1.29, 1.82) is 0 Å². The van der Waals surface area contributed by atoms with Crippen LogP contribution in [0.5, 0.6) is 0 Å². The normalized spacial score (nSPS) is 24.4. The van der Waals surface area contributed by atoms with Crippen LogP contribution in [0.4, 0.5) is 8.78 Å². The fourth-order valence-electron chi connectivity index (χ4n) is 2.84. The zero-order valence-corrected chi connectivity index (χ0v) is 11.0. The van der Waals surface area contributed by atoms with Crippen LogP contribution in [0.25, 0.3) is 0 Å². The van der Waals surface area contributed by atoms with E-state index in [1.807, 2.05) is 24.6 Å². The van der Waals surface area contributed by atoms with E-state index in [9.17, 15) is 8.78 Å². The summed E-state index contributed by atoms with van der Waals surface area (Å²) >= 11 is 0. The number of nitrogens with two attached hydrogens (primary N) is 1. The Bertz CT molecular complexity index is 414. The summed E-state index contributed by atoms with van der Waals surface area (Å²) in [7, 11) is 0. The Morgan fingerprint density at radius 2 is 2.33 bits per heavy atom. The monoisotopic (exact) mass is 257 g/mol. The van der Waals surface area contributed by atoms with Crippen LogP contribution in [0.1, 0.15) is 50.0 Å². The molecule has 1 fully saturated rings. The van der Waals surface area contributed by atoms with Crippen LogP contribution in [0, 0.1) is 12.8 Å². The first-order valence-electron chi connectivity index (χ1n) is 6.59. The summed E-state index contributed by atoms with van der Waals surface area (Å²) in [6, 6.07) is 1.77. The van der Waals surface area contributed by atoms with E-state index in [1.54, 1.807) is 0 Å². The molecule has 0 aliphatic heterocycles. The van der Waals surface area contributed by atoms with E-state index in [0.717, 1.165) is 17.9 Å². The van der Waals surface area contributed by atoms with Crippen molar-refractivity contribution in [1.82, 2.24) is 9.78 Å². The topological polar surface area (TPSA) is 43.8 Å². The quantitative estimate of drug-likeness (QED) is 0.901. The highest BCUT2D eigenvalue weighted by atomic mass is 19.3. The van der Waals surface area contributed by atoms with Gasteiger partial charge in [-0.2, -0.15) is 5.10 Å². The molecule has 2 N–H and O–H groups in total. The standard InChI is InChI=1S/C13H21F2N3/c1-3-18-12(6-9(2)17-18)11(16)7-10-4-5-13(14,15)8-10/h6,10-11H,3-5,7-8,16H2,1-2H3. The molecule has 0 amide bonds. The number of rotatable bonds is 4. The van der Waals surface area contributed by atoms with Crippen LogP contribution in [0.15, 0.2) is 6.07 Å². The third kappa shape index (κ3) is 2.88. The Labute approximate surface area is 106 Å². The van der Waals surface area contributed by atoms with E-state index in [2.05, 4.69) is 5.10 Å². The van der Waals surface area contributed by atoms with E-state index in [-0.39, 0.29) is 24.8 Å². The number of aromatic nitrogens is 2. The first-order valence-corrected chi connectivity index (χ1v) is 6.59. The maximum atomic E-state index is 13.1. The Morgan fingerprint density at radius 3 is 2.89 bits per heavy atom. The van der Waals surface area contributed by atoms with Crippen molar-refractivity contribution in [3.63, 3.8) is 0 Å². The minimum atomic E-state index is -2.48. The van der Waals surface area contributed by atoms with Gasteiger partial charge in [0.05, 0.1) is 11.4 Å². The summed E-state index contributed by atoms with van der Waals surface area (Å²) in [5, 5.41) is 4.34. The number of hydrogen-bond acceptors (Lipinski definition) is 2. The molecule has 0 saturated heterocycles. The second-order valence-electron chi connectivity index (χ2n) is 5.33. The first-order chi connectivity index (χ1) is 8.41. The molecule has 1 saturated carbocycles. The minimum absolute atomic E-state index is 0.0104. The fourth-order valence-corrected chi connectivity index (χ4v) is 2.84. The molecular formula is C13H21F2N3. The smallest absolute Gasteiger partial charge is 0.248 e. The van der Waals surface area contributed by atoms with E-state index < -0.39 is 5.92 Å². The molecule has 0 bridgehead atoms. The average Bonchev–Trinajstić information content (AvgIpc) is 2.81. The third-order valence-electron chi connectivity index (χ3n) is 3.71. The van der Waals surface area contributed by atoms with Crippen LogP contribution in [0.2, 0.25) is 0 Å². The van der Waals surface area contributed by atoms with Crippen LogP contribution in [-0.4, -0.2) is 15.7 Å². The summed E-state index contributed by atoms with van der Waals surface area (Å²) in [6.45, 7) is 4.69. The van der Waals surface area contributed by atoms with Crippen molar-refractivity contribution in [2.24, 2.45) is 11.7 Å². The van der Waals surface area contributed by atoms with Gasteiger partial charge < -0.3 is 5.73 Å². The second kappa shape index (κ2) is 4.96. The van der Waals surface area contributed by atoms with Gasteiger partial charge in [-0.3, -0.25) is 4.68 Å². The third-order valence-corrected chi connectivity index (χ3v) is 3.71. The SMILES string of the molecule is CCn1nc(C)cc1C(N)CC1CCC(F)(F)C1. The molecule has 0 aromatic carbocycles. The molecule has 102 valence electrons. The molecule has 3 nitrogen and oxygen atoms in total. The van der Waals surface area contributed by atoms with E-state index in [1.165, 1.54) is 0 Å². The van der Waals surface area contributed by atoms with Gasteiger partial charge >= 0.3 is 0 Å². The van der Waals surface area contributed by atoms with Crippen molar-refractivity contribution in [3.8, 4) is 0 Å². The van der Waals surface area contributed by atoms with Crippen molar-refractivity contribution in [2.75, 3.05) is 0 Å². The number of aryl methyl sites for hydroxylation is 2. The zero-order valence-electron chi connectivity index (χ0n) is 11.0. The lowest BCUT2D eigenvalue weighted by atomic mass is 9.96. The van der Waals surface area contributed by atoms with Gasteiger partial charge in [-0.25, -0.2) is 8.78 Å². The van der Waals surface area contributed by atoms with Crippen molar-refractivity contribution in [3.05, 3.63) is 17.5 Å². The molecule has 0 radical (unpaired) electrons. The molecule has 2 rings (SSSR count). The molecule has 1 heterocycles. The number of nitrogens with zero attached hydrogens (tertiary/aromatic N) is 2. The largest absolute Gasteiger partial charge is 0.323 e. The van der Waals surface area contributed by atoms with Crippen LogP contribution >= 0.6 is 0 Å². The van der Waals surface area contributed by atoms with Gasteiger partial charge in [0.15, 0.2) is 0 Å². The minimum Gasteiger partial charge on any atom is -0.323 e. The Kier molecular flexibility index (Phi) is 3.71. The molecule has 1 aromatic heterocycles. The van der Waals surface area contributed by atoms with Gasteiger partial charge in [0.25, 0.3) is 0 Å². The van der Waals surface area contributed by atoms with Crippen molar-refractivity contribution < 1.29 is 8.78 Å². The van der Waals surface area contributed by atoms with Gasteiger partial charge in [-0.1, -0.05) is 0 Å². The van der Waals surface area contributed by atoms with E-state index in [4.69, 9.17) is 5.73 Å². The number of hydrogen-bond donors (Lipinski definition) is 1. The van der Waals surface area contributed by atoms with Gasteiger partial charge in [0.2, 0.25) is 5.92 Å². The maximum Gasteiger partial charge on any atom is 0.248 e. The Hall–Kier alpha value is -0.970. The lowest BCUT2D eigenvalue weighted by molar-refractivity contribution is 0.00444. The summed E-state index contributed by atoms with van der Waals surface area (Å²) in [4.78, 5) is 0. The van der Waals surface area contributed by atoms with E-state index >= 15 is 0 Å². The molecule has 2 unspecified atom stereocenters. The summed E-state index contributed by atoms with van der Waals surface area (Å²) in [5.74, 6) is -2.44. The van der Waals surface area contributed by atoms with Gasteiger partial charge in [0.1, 0.15) is 0 Å². The van der Waals surface area contributed by atoms with Crippen LogP contribution in [-0.2, 0) is 6.54 Å². The molecule has 1 aliphatic rings. The molecule has 18 heavy (non-hydrogen) atoms. The highest BCUT2D eigenvalue weighted by Gasteiger charge is 2.39. The fraction of sp³-hybridized carbons (Fsp3) is 0.769. The van der Waals surface area contributed by atoms with E-state index in [0.29, 0.717) is 12.8 Å². The predicted molar refractivity (Wildman–Crippen MR) is 66.5 cm³/mol.